The maximum atomic E-state index is 11.4. The van der Waals surface area contributed by atoms with Gasteiger partial charge in [0.05, 0.1) is 12.0 Å². The molecule has 0 aliphatic heterocycles. The highest BCUT2D eigenvalue weighted by molar-refractivity contribution is 7.94. The van der Waals surface area contributed by atoms with Crippen molar-refractivity contribution in [3.05, 3.63) is 5.89 Å². The number of halogens is 3. The van der Waals surface area contributed by atoms with Crippen LogP contribution in [0.15, 0.2) is 9.64 Å². The molecule has 4 nitrogen and oxygen atoms in total. The molecule has 0 radical (unpaired) electrons. The first-order valence-corrected chi connectivity index (χ1v) is 3.44. The van der Waals surface area contributed by atoms with Gasteiger partial charge in [0.1, 0.15) is 0 Å². The molecule has 0 spiro atoms. The van der Waals surface area contributed by atoms with Gasteiger partial charge in [0, 0.05) is 6.92 Å². The van der Waals surface area contributed by atoms with Crippen molar-refractivity contribution in [3.63, 3.8) is 0 Å². The number of aromatic nitrogens is 2. The lowest BCUT2D eigenvalue weighted by Crippen LogP contribution is -2.07. The van der Waals surface area contributed by atoms with E-state index in [0.717, 1.165) is 0 Å². The van der Waals surface area contributed by atoms with Crippen LogP contribution in [-0.4, -0.2) is 16.6 Å². The summed E-state index contributed by atoms with van der Waals surface area (Å²) in [7, 11) is 0. The monoisotopic (exact) mass is 200 g/mol. The predicted molar refractivity (Wildman–Crippen MR) is 32.0 cm³/mol. The highest BCUT2D eigenvalue weighted by atomic mass is 32.2. The summed E-state index contributed by atoms with van der Waals surface area (Å²) in [5.74, 6) is 0.184. The van der Waals surface area contributed by atoms with Crippen molar-refractivity contribution in [2.24, 2.45) is 0 Å². The summed E-state index contributed by atoms with van der Waals surface area (Å²) in [4.78, 5) is 0. The molecule has 0 saturated carbocycles. The minimum atomic E-state index is -4.70. The van der Waals surface area contributed by atoms with E-state index >= 15 is 0 Å². The van der Waals surface area contributed by atoms with E-state index in [1.807, 2.05) is 0 Å². The lowest BCUT2D eigenvalue weighted by Gasteiger charge is -2.00. The van der Waals surface area contributed by atoms with Crippen molar-refractivity contribution in [2.75, 3.05) is 0 Å². The minimum Gasteiger partial charge on any atom is -0.415 e. The number of aryl methyl sites for hydroxylation is 1. The molecule has 0 aliphatic rings. The molecular weight excluding hydrogens is 197 g/mol. The van der Waals surface area contributed by atoms with Crippen molar-refractivity contribution in [1.29, 1.82) is 0 Å². The maximum Gasteiger partial charge on any atom is 0.534 e. The Morgan fingerprint density at radius 2 is 2.08 bits per heavy atom. The van der Waals surface area contributed by atoms with E-state index in [9.17, 15) is 13.2 Å². The Bertz CT molecular complexity index is 261. The van der Waals surface area contributed by atoms with Crippen molar-refractivity contribution in [1.82, 2.24) is 10.2 Å². The summed E-state index contributed by atoms with van der Waals surface area (Å²) in [5.41, 5.74) is 0. The molecule has 0 N–H and O–H groups in total. The van der Waals surface area contributed by atoms with Crippen molar-refractivity contribution in [2.45, 2.75) is 18.5 Å². The molecule has 1 aromatic rings. The Labute approximate surface area is 69.3 Å². The lowest BCUT2D eigenvalue weighted by molar-refractivity contribution is -0.267. The van der Waals surface area contributed by atoms with Gasteiger partial charge in [0.15, 0.2) is 0 Å². The van der Waals surface area contributed by atoms with Crippen LogP contribution in [0.4, 0.5) is 13.2 Å². The molecule has 8 heteroatoms. The molecule has 0 aliphatic carbocycles. The first-order valence-electron chi connectivity index (χ1n) is 2.70. The quantitative estimate of drug-likeness (QED) is 0.682. The van der Waals surface area contributed by atoms with Gasteiger partial charge in [0.2, 0.25) is 5.89 Å². The van der Waals surface area contributed by atoms with Gasteiger partial charge in [-0.25, -0.2) is 4.18 Å². The highest BCUT2D eigenvalue weighted by Gasteiger charge is 2.31. The molecule has 0 unspecified atom stereocenters. The van der Waals surface area contributed by atoms with E-state index in [1.165, 1.54) is 6.92 Å². The molecule has 12 heavy (non-hydrogen) atoms. The summed E-state index contributed by atoms with van der Waals surface area (Å²) < 4.78 is 42.2. The van der Waals surface area contributed by atoms with E-state index < -0.39 is 6.36 Å². The summed E-state index contributed by atoms with van der Waals surface area (Å²) in [6.45, 7) is 1.46. The summed E-state index contributed by atoms with van der Waals surface area (Å²) >= 11 is -0.0171. The van der Waals surface area contributed by atoms with Crippen molar-refractivity contribution >= 4 is 12.0 Å². The normalized spacial score (nSPS) is 12.0. The van der Waals surface area contributed by atoms with Gasteiger partial charge in [-0.1, -0.05) is 5.10 Å². The standard InChI is InChI=1S/C4H3F3N2O2S/c1-2-8-9-3(10-2)12-11-4(5,6)7/h1H3. The fourth-order valence-corrected chi connectivity index (χ4v) is 0.790. The fraction of sp³-hybridized carbons (Fsp3) is 0.500. The van der Waals surface area contributed by atoms with Gasteiger partial charge in [-0.2, -0.15) is 0 Å². The second-order valence-corrected chi connectivity index (χ2v) is 2.38. The Hall–Kier alpha value is -0.760. The molecule has 0 amide bonds. The maximum absolute atomic E-state index is 11.4. The molecule has 0 saturated heterocycles. The van der Waals surface area contributed by atoms with Crippen LogP contribution in [0.25, 0.3) is 0 Å². The Morgan fingerprint density at radius 1 is 1.42 bits per heavy atom. The zero-order chi connectivity index (χ0) is 9.19. The van der Waals surface area contributed by atoms with E-state index in [-0.39, 0.29) is 23.2 Å². The van der Waals surface area contributed by atoms with Gasteiger partial charge in [-0.15, -0.1) is 18.3 Å². The number of hydrogen-bond donors (Lipinski definition) is 0. The Morgan fingerprint density at radius 3 is 2.50 bits per heavy atom. The molecule has 1 heterocycles. The van der Waals surface area contributed by atoms with Crippen LogP contribution < -0.4 is 0 Å². The third-order valence-electron chi connectivity index (χ3n) is 0.715. The fourth-order valence-electron chi connectivity index (χ4n) is 0.395. The molecule has 0 bridgehead atoms. The first-order chi connectivity index (χ1) is 5.47. The molecule has 68 valence electrons. The largest absolute Gasteiger partial charge is 0.534 e. The van der Waals surface area contributed by atoms with Crippen LogP contribution in [0.3, 0.4) is 0 Å². The topological polar surface area (TPSA) is 48.2 Å². The number of alkyl halides is 3. The summed E-state index contributed by atoms with van der Waals surface area (Å²) in [6, 6.07) is 0. The van der Waals surface area contributed by atoms with Gasteiger partial charge in [-0.3, -0.25) is 0 Å². The zero-order valence-electron chi connectivity index (χ0n) is 5.75. The SMILES string of the molecule is Cc1nnc(SOC(F)(F)F)o1. The van der Waals surface area contributed by atoms with Crippen LogP contribution in [0.5, 0.6) is 0 Å². The van der Waals surface area contributed by atoms with E-state index in [0.29, 0.717) is 0 Å². The van der Waals surface area contributed by atoms with Gasteiger partial charge in [-0.05, 0) is 0 Å². The minimum absolute atomic E-state index is 0.0171. The Kier molecular flexibility index (Phi) is 2.58. The summed E-state index contributed by atoms with van der Waals surface area (Å²) in [6.07, 6.45) is -4.70. The lowest BCUT2D eigenvalue weighted by atomic mass is 10.8. The first kappa shape index (κ1) is 9.33. The second kappa shape index (κ2) is 3.31. The van der Waals surface area contributed by atoms with Crippen LogP contribution in [0.1, 0.15) is 5.89 Å². The van der Waals surface area contributed by atoms with Gasteiger partial charge < -0.3 is 4.42 Å². The second-order valence-electron chi connectivity index (χ2n) is 1.70. The van der Waals surface area contributed by atoms with E-state index in [2.05, 4.69) is 18.8 Å². The van der Waals surface area contributed by atoms with Crippen LogP contribution in [0, 0.1) is 6.92 Å². The molecule has 0 fully saturated rings. The highest BCUT2D eigenvalue weighted by Crippen LogP contribution is 2.27. The third-order valence-corrected chi connectivity index (χ3v) is 1.29. The summed E-state index contributed by atoms with van der Waals surface area (Å²) in [5, 5.41) is 6.30. The molecule has 0 atom stereocenters. The molecule has 0 aromatic carbocycles. The predicted octanol–water partition coefficient (Wildman–Crippen LogP) is 1.92. The van der Waals surface area contributed by atoms with Gasteiger partial charge in [0.25, 0.3) is 0 Å². The van der Waals surface area contributed by atoms with Crippen molar-refractivity contribution in [3.8, 4) is 0 Å². The number of nitrogens with zero attached hydrogens (tertiary/aromatic N) is 2. The number of hydrogen-bond acceptors (Lipinski definition) is 5. The number of rotatable bonds is 2. The molecular formula is C4H3F3N2O2S. The van der Waals surface area contributed by atoms with E-state index in [4.69, 9.17) is 0 Å². The average molecular weight is 200 g/mol. The van der Waals surface area contributed by atoms with Crippen molar-refractivity contribution < 1.29 is 21.8 Å². The van der Waals surface area contributed by atoms with Gasteiger partial charge >= 0.3 is 11.6 Å². The Balaban J connectivity index is 2.44. The van der Waals surface area contributed by atoms with Crippen LogP contribution >= 0.6 is 12.0 Å². The zero-order valence-corrected chi connectivity index (χ0v) is 6.57. The average Bonchev–Trinajstić information content (AvgIpc) is 2.30. The molecule has 1 rings (SSSR count). The van der Waals surface area contributed by atoms with Crippen LogP contribution in [0.2, 0.25) is 0 Å². The van der Waals surface area contributed by atoms with E-state index in [1.54, 1.807) is 0 Å². The van der Waals surface area contributed by atoms with Crippen LogP contribution in [-0.2, 0) is 4.18 Å². The molecule has 1 aromatic heterocycles. The smallest absolute Gasteiger partial charge is 0.415 e. The third kappa shape index (κ3) is 3.09.